The summed E-state index contributed by atoms with van der Waals surface area (Å²) in [5.74, 6) is -0.505. The van der Waals surface area contributed by atoms with Gasteiger partial charge in [0.15, 0.2) is 0 Å². The maximum absolute atomic E-state index is 13.0. The van der Waals surface area contributed by atoms with Crippen LogP contribution in [0.4, 0.5) is 0 Å². The van der Waals surface area contributed by atoms with Gasteiger partial charge in [0.2, 0.25) is 0 Å². The van der Waals surface area contributed by atoms with Gasteiger partial charge in [-0.05, 0) is 146 Å². The fourth-order valence-electron chi connectivity index (χ4n) is 7.27. The van der Waals surface area contributed by atoms with Crippen molar-refractivity contribution in [2.75, 3.05) is 0 Å². The number of aromatic nitrogens is 3. The number of carbonyl (C=O) groups is 2. The summed E-state index contributed by atoms with van der Waals surface area (Å²) in [4.78, 5) is 41.9. The van der Waals surface area contributed by atoms with E-state index in [-0.39, 0.29) is 17.9 Å². The van der Waals surface area contributed by atoms with Crippen LogP contribution in [0.2, 0.25) is 0 Å². The van der Waals surface area contributed by atoms with Crippen LogP contribution in [0.3, 0.4) is 0 Å². The summed E-state index contributed by atoms with van der Waals surface area (Å²) >= 11 is 0. The van der Waals surface area contributed by atoms with Crippen molar-refractivity contribution in [3.05, 3.63) is 84.9 Å². The average Bonchev–Trinajstić information content (AvgIpc) is 3.78. The van der Waals surface area contributed by atoms with E-state index in [2.05, 4.69) is 61.7 Å². The van der Waals surface area contributed by atoms with Gasteiger partial charge >= 0.3 is 11.9 Å². The van der Waals surface area contributed by atoms with Crippen LogP contribution in [-0.2, 0) is 35.2 Å². The van der Waals surface area contributed by atoms with Crippen LogP contribution in [0.1, 0.15) is 160 Å². The summed E-state index contributed by atoms with van der Waals surface area (Å²) in [6.07, 6.45) is 7.21. The molecule has 3 aromatic rings. The lowest BCUT2D eigenvalue weighted by Crippen LogP contribution is -2.24. The molecular weight excluding hydrogens is 600 g/mol. The first kappa shape index (κ1) is 35.2. The summed E-state index contributed by atoms with van der Waals surface area (Å²) in [5, 5.41) is 0. The third kappa shape index (κ3) is 6.90. The van der Waals surface area contributed by atoms with Gasteiger partial charge in [0.25, 0.3) is 0 Å². The number of carbonyl (C=O) groups excluding carboxylic acids is 2. The molecule has 0 spiro atoms. The minimum atomic E-state index is -0.561. The molecule has 4 heterocycles. The Hall–Kier alpha value is -4.07. The molecule has 1 atom stereocenters. The lowest BCUT2D eigenvalue weighted by molar-refractivity contribution is 0.00499. The van der Waals surface area contributed by atoms with Gasteiger partial charge in [-0.15, -0.1) is 0 Å². The summed E-state index contributed by atoms with van der Waals surface area (Å²) < 4.78 is 11.4. The number of rotatable bonds is 9. The molecule has 8 heteroatoms. The van der Waals surface area contributed by atoms with Crippen molar-refractivity contribution in [2.45, 2.75) is 139 Å². The van der Waals surface area contributed by atoms with Crippen LogP contribution >= 0.6 is 0 Å². The van der Waals surface area contributed by atoms with Crippen molar-refractivity contribution < 1.29 is 19.1 Å². The van der Waals surface area contributed by atoms with E-state index in [1.54, 1.807) is 0 Å². The van der Waals surface area contributed by atoms with E-state index in [9.17, 15) is 9.59 Å². The number of fused-ring (bicyclic) bond motifs is 1. The van der Waals surface area contributed by atoms with Gasteiger partial charge < -0.3 is 24.4 Å². The third-order valence-corrected chi connectivity index (χ3v) is 9.60. The van der Waals surface area contributed by atoms with Crippen molar-refractivity contribution in [1.82, 2.24) is 15.0 Å². The van der Waals surface area contributed by atoms with Gasteiger partial charge in [0.1, 0.15) is 22.6 Å². The fraction of sp³-hybridized carbons (Fsp3) is 0.525. The number of H-pyrrole nitrogens is 3. The molecule has 2 aliphatic rings. The molecular formula is C40H54N4O4. The number of esters is 2. The number of aromatic amines is 3. The number of aliphatic imine (C=N–C) groups is 1. The minimum Gasteiger partial charge on any atom is -0.455 e. The van der Waals surface area contributed by atoms with E-state index in [4.69, 9.17) is 14.5 Å². The zero-order valence-electron chi connectivity index (χ0n) is 31.1. The van der Waals surface area contributed by atoms with E-state index in [0.29, 0.717) is 17.8 Å². The van der Waals surface area contributed by atoms with Crippen molar-refractivity contribution in [2.24, 2.45) is 4.99 Å². The van der Waals surface area contributed by atoms with E-state index in [1.165, 1.54) is 22.3 Å². The number of nitrogens with zero attached hydrogens (tertiary/aromatic N) is 1. The molecule has 3 N–H and O–H groups in total. The Labute approximate surface area is 285 Å². The zero-order valence-corrected chi connectivity index (χ0v) is 31.1. The van der Waals surface area contributed by atoms with Crippen LogP contribution < -0.4 is 0 Å². The summed E-state index contributed by atoms with van der Waals surface area (Å²) in [6, 6.07) is 2.22. The highest BCUT2D eigenvalue weighted by Gasteiger charge is 2.37. The van der Waals surface area contributed by atoms with Crippen LogP contribution in [-0.4, -0.2) is 43.8 Å². The summed E-state index contributed by atoms with van der Waals surface area (Å²) in [7, 11) is 0. The molecule has 1 aliphatic carbocycles. The Morgan fingerprint density at radius 1 is 0.854 bits per heavy atom. The molecule has 0 radical (unpaired) electrons. The smallest absolute Gasteiger partial charge is 0.355 e. The fourth-order valence-corrected chi connectivity index (χ4v) is 7.27. The molecule has 1 unspecified atom stereocenters. The lowest BCUT2D eigenvalue weighted by atomic mass is 9.92. The first-order valence-corrected chi connectivity index (χ1v) is 17.6. The lowest BCUT2D eigenvalue weighted by Gasteiger charge is -2.19. The molecule has 0 saturated heterocycles. The monoisotopic (exact) mass is 654 g/mol. The summed E-state index contributed by atoms with van der Waals surface area (Å²) in [5.41, 5.74) is 14.4. The first-order valence-electron chi connectivity index (χ1n) is 17.6. The van der Waals surface area contributed by atoms with Crippen molar-refractivity contribution in [1.29, 1.82) is 0 Å². The second-order valence-corrected chi connectivity index (χ2v) is 15.3. The number of aryl methyl sites for hydroxylation is 1. The molecule has 0 amide bonds. The van der Waals surface area contributed by atoms with Gasteiger partial charge in [-0.25, -0.2) is 9.59 Å². The van der Waals surface area contributed by atoms with Crippen molar-refractivity contribution in [3.8, 4) is 0 Å². The number of ether oxygens (including phenoxy) is 2. The standard InChI is InChI=1S/C40H54N4O4/c1-13-24-18-25(41-32(24)20-31-22(5)27(15-3)36(43-31)38(46)48-40(10,11)12)19-30-21(4)26(14-2)34(42-30)29-17-16-28-23(6)33(44-35(28)29)37(45)47-39(7,8)9/h18-19,29,41,43-44H,13-17,20H2,1-12H3/b30-19+. The Morgan fingerprint density at radius 3 is 2.08 bits per heavy atom. The highest BCUT2D eigenvalue weighted by Crippen LogP contribution is 2.43. The summed E-state index contributed by atoms with van der Waals surface area (Å²) in [6.45, 7) is 24.1. The van der Waals surface area contributed by atoms with E-state index >= 15 is 0 Å². The molecule has 258 valence electrons. The van der Waals surface area contributed by atoms with Crippen LogP contribution in [0.25, 0.3) is 6.08 Å². The minimum absolute atomic E-state index is 0.110. The normalized spacial score (nSPS) is 17.4. The van der Waals surface area contributed by atoms with E-state index in [1.807, 2.05) is 48.5 Å². The van der Waals surface area contributed by atoms with Gasteiger partial charge in [-0.2, -0.15) is 0 Å². The molecule has 1 aliphatic heterocycles. The zero-order chi connectivity index (χ0) is 35.3. The Kier molecular flexibility index (Phi) is 9.61. The Bertz CT molecular complexity index is 1840. The second-order valence-electron chi connectivity index (χ2n) is 15.3. The molecule has 0 bridgehead atoms. The Morgan fingerprint density at radius 2 is 1.50 bits per heavy atom. The van der Waals surface area contributed by atoms with Crippen molar-refractivity contribution in [3.63, 3.8) is 0 Å². The third-order valence-electron chi connectivity index (χ3n) is 9.60. The van der Waals surface area contributed by atoms with Crippen LogP contribution in [0, 0.1) is 13.8 Å². The molecule has 0 aromatic carbocycles. The maximum Gasteiger partial charge on any atom is 0.355 e. The van der Waals surface area contributed by atoms with Crippen molar-refractivity contribution >= 4 is 23.7 Å². The molecule has 48 heavy (non-hydrogen) atoms. The molecule has 0 saturated carbocycles. The molecule has 0 fully saturated rings. The maximum atomic E-state index is 13.0. The molecule has 8 nitrogen and oxygen atoms in total. The van der Waals surface area contributed by atoms with E-state index < -0.39 is 11.2 Å². The van der Waals surface area contributed by atoms with Gasteiger partial charge in [0.05, 0.1) is 11.4 Å². The average molecular weight is 655 g/mol. The predicted molar refractivity (Wildman–Crippen MR) is 193 cm³/mol. The predicted octanol–water partition coefficient (Wildman–Crippen LogP) is 9.17. The number of allylic oxidation sites excluding steroid dienone is 2. The molecule has 3 aromatic heterocycles. The molecule has 5 rings (SSSR count). The van der Waals surface area contributed by atoms with Gasteiger partial charge in [-0.1, -0.05) is 20.8 Å². The topological polar surface area (TPSA) is 112 Å². The van der Waals surface area contributed by atoms with Gasteiger partial charge in [-0.3, -0.25) is 4.99 Å². The number of hydrogen-bond donors (Lipinski definition) is 3. The van der Waals surface area contributed by atoms with Crippen LogP contribution in [0.15, 0.2) is 27.9 Å². The number of nitrogens with one attached hydrogen (secondary N) is 3. The second kappa shape index (κ2) is 13.1. The SMILES string of the molecule is CCC1=C(C)/C(=C\c2cc(CC)c(Cc3[nH]c(C(=O)OC(C)(C)C)c(CC)c3C)[nH]2)N=C1C1CCc2c1[nH]c(C(=O)OC(C)(C)C)c2C. The quantitative estimate of drug-likeness (QED) is 0.200. The van der Waals surface area contributed by atoms with Gasteiger partial charge in [0, 0.05) is 35.1 Å². The Balaban J connectivity index is 1.45. The van der Waals surface area contributed by atoms with Crippen LogP contribution in [0.5, 0.6) is 0 Å². The highest BCUT2D eigenvalue weighted by molar-refractivity contribution is 6.10. The largest absolute Gasteiger partial charge is 0.455 e. The highest BCUT2D eigenvalue weighted by atomic mass is 16.6. The van der Waals surface area contributed by atoms with E-state index in [0.717, 1.165) is 83.0 Å². The number of hydrogen-bond acceptors (Lipinski definition) is 5. The first-order chi connectivity index (χ1) is 22.5.